The number of rotatable bonds is 10. The molecule has 0 fully saturated rings. The number of hydrogen-bond donors (Lipinski definition) is 2. The van der Waals surface area contributed by atoms with Gasteiger partial charge < -0.3 is 25.1 Å². The summed E-state index contributed by atoms with van der Waals surface area (Å²) in [6.07, 6.45) is 0.473. The molecule has 5 nitrogen and oxygen atoms in total. The summed E-state index contributed by atoms with van der Waals surface area (Å²) in [5.41, 5.74) is 5.97. The first-order valence-electron chi connectivity index (χ1n) is 6.48. The van der Waals surface area contributed by atoms with Crippen molar-refractivity contribution < 1.29 is 19.3 Å². The van der Waals surface area contributed by atoms with Gasteiger partial charge in [0.25, 0.3) is 0 Å². The van der Waals surface area contributed by atoms with E-state index in [1.165, 1.54) is 0 Å². The third kappa shape index (κ3) is 8.00. The van der Waals surface area contributed by atoms with Gasteiger partial charge in [0.2, 0.25) is 0 Å². The van der Waals surface area contributed by atoms with E-state index in [1.54, 1.807) is 7.11 Å². The van der Waals surface area contributed by atoms with Crippen LogP contribution >= 0.6 is 0 Å². The lowest BCUT2D eigenvalue weighted by molar-refractivity contribution is -0.0327. The summed E-state index contributed by atoms with van der Waals surface area (Å²) in [5, 5.41) is 9.28. The van der Waals surface area contributed by atoms with Crippen LogP contribution in [0.25, 0.3) is 0 Å². The minimum atomic E-state index is -0.316. The van der Waals surface area contributed by atoms with Crippen LogP contribution in [0.2, 0.25) is 0 Å². The number of aliphatic hydroxyl groups excluding tert-OH is 1. The van der Waals surface area contributed by atoms with Gasteiger partial charge in [-0.2, -0.15) is 0 Å². The van der Waals surface area contributed by atoms with Crippen molar-refractivity contribution in [2.75, 3.05) is 40.1 Å². The first-order chi connectivity index (χ1) is 8.43. The van der Waals surface area contributed by atoms with E-state index >= 15 is 0 Å². The molecule has 0 radical (unpaired) electrons. The van der Waals surface area contributed by atoms with Crippen molar-refractivity contribution in [1.82, 2.24) is 0 Å². The molecule has 110 valence electrons. The molecule has 0 amide bonds. The van der Waals surface area contributed by atoms with E-state index in [-0.39, 0.29) is 24.2 Å². The summed E-state index contributed by atoms with van der Waals surface area (Å²) in [6, 6.07) is -0.183. The maximum atomic E-state index is 9.28. The monoisotopic (exact) mass is 263 g/mol. The Morgan fingerprint density at radius 2 is 1.78 bits per heavy atom. The van der Waals surface area contributed by atoms with E-state index < -0.39 is 0 Å². The largest absolute Gasteiger partial charge is 0.394 e. The van der Waals surface area contributed by atoms with Crippen LogP contribution in [0.3, 0.4) is 0 Å². The van der Waals surface area contributed by atoms with Crippen LogP contribution in [0, 0.1) is 5.41 Å². The zero-order chi connectivity index (χ0) is 14.0. The molecule has 2 atom stereocenters. The molecule has 0 aromatic carbocycles. The van der Waals surface area contributed by atoms with Crippen LogP contribution in [0.1, 0.15) is 27.2 Å². The average Bonchev–Trinajstić information content (AvgIpc) is 2.31. The highest BCUT2D eigenvalue weighted by Crippen LogP contribution is 2.21. The van der Waals surface area contributed by atoms with Gasteiger partial charge in [0, 0.05) is 26.4 Å². The van der Waals surface area contributed by atoms with Crippen molar-refractivity contribution in [3.63, 3.8) is 0 Å². The summed E-state index contributed by atoms with van der Waals surface area (Å²) >= 11 is 0. The van der Waals surface area contributed by atoms with E-state index in [0.29, 0.717) is 26.4 Å². The molecular formula is C13H29NO4. The topological polar surface area (TPSA) is 73.9 Å². The quantitative estimate of drug-likeness (QED) is 0.570. The van der Waals surface area contributed by atoms with E-state index in [1.807, 2.05) is 20.8 Å². The maximum absolute atomic E-state index is 9.28. The first kappa shape index (κ1) is 17.8. The summed E-state index contributed by atoms with van der Waals surface area (Å²) in [6.45, 7) is 8.44. The van der Waals surface area contributed by atoms with Crippen LogP contribution in [-0.4, -0.2) is 57.4 Å². The second kappa shape index (κ2) is 9.69. The van der Waals surface area contributed by atoms with Crippen LogP contribution < -0.4 is 5.73 Å². The van der Waals surface area contributed by atoms with Gasteiger partial charge in [-0.1, -0.05) is 20.8 Å². The van der Waals surface area contributed by atoms with E-state index in [9.17, 15) is 5.11 Å². The van der Waals surface area contributed by atoms with Gasteiger partial charge >= 0.3 is 0 Å². The minimum absolute atomic E-state index is 0.0526. The Morgan fingerprint density at radius 3 is 2.28 bits per heavy atom. The van der Waals surface area contributed by atoms with Gasteiger partial charge in [0.05, 0.1) is 25.9 Å². The Kier molecular flexibility index (Phi) is 9.59. The van der Waals surface area contributed by atoms with Crippen LogP contribution in [0.4, 0.5) is 0 Å². The highest BCUT2D eigenvalue weighted by Gasteiger charge is 2.28. The number of aliphatic hydroxyl groups is 1. The molecule has 3 N–H and O–H groups in total. The van der Waals surface area contributed by atoms with Crippen molar-refractivity contribution in [3.8, 4) is 0 Å². The van der Waals surface area contributed by atoms with Crippen molar-refractivity contribution in [3.05, 3.63) is 0 Å². The summed E-state index contributed by atoms with van der Waals surface area (Å²) < 4.78 is 15.8. The molecule has 0 aliphatic rings. The molecule has 0 bridgehead atoms. The van der Waals surface area contributed by atoms with Crippen molar-refractivity contribution in [1.29, 1.82) is 0 Å². The standard InChI is InChI=1S/C13H29NO4/c1-13(2,3)12(14)11(10-15)18-7-5-6-17-9-8-16-4/h11-12,15H,5-10,14H2,1-4H3. The van der Waals surface area contributed by atoms with Gasteiger partial charge in [0.15, 0.2) is 0 Å². The van der Waals surface area contributed by atoms with Crippen molar-refractivity contribution in [2.45, 2.75) is 39.3 Å². The Balaban J connectivity index is 3.68. The summed E-state index contributed by atoms with van der Waals surface area (Å²) in [5.74, 6) is 0. The van der Waals surface area contributed by atoms with Crippen LogP contribution in [-0.2, 0) is 14.2 Å². The van der Waals surface area contributed by atoms with E-state index in [0.717, 1.165) is 6.42 Å². The van der Waals surface area contributed by atoms with E-state index in [2.05, 4.69) is 0 Å². The second-order valence-electron chi connectivity index (χ2n) is 5.44. The van der Waals surface area contributed by atoms with Gasteiger partial charge in [-0.25, -0.2) is 0 Å². The fourth-order valence-electron chi connectivity index (χ4n) is 1.47. The fourth-order valence-corrected chi connectivity index (χ4v) is 1.47. The Morgan fingerprint density at radius 1 is 1.11 bits per heavy atom. The predicted molar refractivity (Wildman–Crippen MR) is 71.6 cm³/mol. The molecule has 0 saturated carbocycles. The number of nitrogens with two attached hydrogens (primary N) is 1. The first-order valence-corrected chi connectivity index (χ1v) is 6.48. The summed E-state index contributed by atoms with van der Waals surface area (Å²) in [7, 11) is 1.65. The predicted octanol–water partition coefficient (Wildman–Crippen LogP) is 0.790. The molecule has 18 heavy (non-hydrogen) atoms. The third-order valence-electron chi connectivity index (χ3n) is 2.78. The van der Waals surface area contributed by atoms with E-state index in [4.69, 9.17) is 19.9 Å². The number of hydrogen-bond acceptors (Lipinski definition) is 5. The van der Waals surface area contributed by atoms with Crippen molar-refractivity contribution in [2.24, 2.45) is 11.1 Å². The van der Waals surface area contributed by atoms with Gasteiger partial charge in [-0.15, -0.1) is 0 Å². The van der Waals surface area contributed by atoms with Crippen LogP contribution in [0.15, 0.2) is 0 Å². The van der Waals surface area contributed by atoms with Gasteiger partial charge in [0.1, 0.15) is 0 Å². The maximum Gasteiger partial charge on any atom is 0.0961 e. The molecule has 0 aromatic heterocycles. The zero-order valence-electron chi connectivity index (χ0n) is 12.1. The molecule has 0 heterocycles. The molecule has 0 spiro atoms. The van der Waals surface area contributed by atoms with Crippen molar-refractivity contribution >= 4 is 0 Å². The lowest BCUT2D eigenvalue weighted by Gasteiger charge is -2.33. The highest BCUT2D eigenvalue weighted by atomic mass is 16.5. The second-order valence-corrected chi connectivity index (χ2v) is 5.44. The average molecular weight is 263 g/mol. The third-order valence-corrected chi connectivity index (χ3v) is 2.78. The molecule has 2 unspecified atom stereocenters. The Hall–Kier alpha value is -0.200. The van der Waals surface area contributed by atoms with Gasteiger partial charge in [-0.05, 0) is 11.8 Å². The van der Waals surface area contributed by atoms with Gasteiger partial charge in [-0.3, -0.25) is 0 Å². The fraction of sp³-hybridized carbons (Fsp3) is 1.00. The zero-order valence-corrected chi connectivity index (χ0v) is 12.1. The molecular weight excluding hydrogens is 234 g/mol. The van der Waals surface area contributed by atoms with Crippen LogP contribution in [0.5, 0.6) is 0 Å². The number of methoxy groups -OCH3 is 1. The lowest BCUT2D eigenvalue weighted by atomic mass is 9.84. The molecule has 0 aliphatic heterocycles. The highest BCUT2D eigenvalue weighted by molar-refractivity contribution is 4.84. The molecule has 0 rings (SSSR count). The number of ether oxygens (including phenoxy) is 3. The Labute approximate surface area is 111 Å². The molecule has 0 aliphatic carbocycles. The lowest BCUT2D eigenvalue weighted by Crippen LogP contribution is -2.48. The molecule has 5 heteroatoms. The molecule has 0 aromatic rings. The minimum Gasteiger partial charge on any atom is -0.394 e. The SMILES string of the molecule is COCCOCCCOC(CO)C(N)C(C)(C)C. The Bertz CT molecular complexity index is 194. The normalized spacial score (nSPS) is 15.7. The smallest absolute Gasteiger partial charge is 0.0961 e. The molecule has 0 saturated heterocycles. The summed E-state index contributed by atoms with van der Waals surface area (Å²) in [4.78, 5) is 0.